The number of hydrogen-bond donors (Lipinski definition) is 2. The molecule has 2 aromatic rings. The number of aryl methyl sites for hydroxylation is 1. The van der Waals surface area contributed by atoms with E-state index in [-0.39, 0.29) is 5.91 Å². The van der Waals surface area contributed by atoms with Crippen molar-refractivity contribution < 1.29 is 4.79 Å². The Balaban J connectivity index is 2.20. The molecular formula is C14H12BrClN2O. The quantitative estimate of drug-likeness (QED) is 0.804. The molecule has 0 radical (unpaired) electrons. The Hall–Kier alpha value is -1.52. The van der Waals surface area contributed by atoms with Gasteiger partial charge in [-0.3, -0.25) is 4.79 Å². The molecule has 5 heteroatoms. The standard InChI is InChI=1S/C14H12BrClN2O/c1-8-2-4-10(7-13(8)17)18-14(19)9-3-5-11(15)12(16)6-9/h2-7H,17H2,1H3,(H,18,19). The van der Waals surface area contributed by atoms with Gasteiger partial charge in [0.1, 0.15) is 0 Å². The zero-order valence-electron chi connectivity index (χ0n) is 10.2. The normalized spacial score (nSPS) is 10.3. The lowest BCUT2D eigenvalue weighted by molar-refractivity contribution is 0.102. The Kier molecular flexibility index (Phi) is 4.12. The highest BCUT2D eigenvalue weighted by Gasteiger charge is 2.08. The molecule has 0 saturated carbocycles. The maximum atomic E-state index is 12.0. The van der Waals surface area contributed by atoms with Crippen molar-refractivity contribution in [2.24, 2.45) is 0 Å². The van der Waals surface area contributed by atoms with Crippen LogP contribution < -0.4 is 11.1 Å². The van der Waals surface area contributed by atoms with Gasteiger partial charge in [0.05, 0.1) is 5.02 Å². The molecule has 0 spiro atoms. The highest BCUT2D eigenvalue weighted by atomic mass is 79.9. The van der Waals surface area contributed by atoms with Crippen molar-refractivity contribution in [2.75, 3.05) is 11.1 Å². The molecule has 0 aliphatic rings. The molecule has 1 amide bonds. The van der Waals surface area contributed by atoms with Gasteiger partial charge in [-0.2, -0.15) is 0 Å². The molecule has 2 aromatic carbocycles. The van der Waals surface area contributed by atoms with Gasteiger partial charge < -0.3 is 11.1 Å². The zero-order valence-corrected chi connectivity index (χ0v) is 12.5. The van der Waals surface area contributed by atoms with Crippen LogP contribution in [0.25, 0.3) is 0 Å². The maximum Gasteiger partial charge on any atom is 0.255 e. The number of hydrogen-bond acceptors (Lipinski definition) is 2. The van der Waals surface area contributed by atoms with Crippen LogP contribution in [0.1, 0.15) is 15.9 Å². The van der Waals surface area contributed by atoms with E-state index in [0.29, 0.717) is 22.0 Å². The fourth-order valence-corrected chi connectivity index (χ4v) is 1.99. The molecule has 0 unspecified atom stereocenters. The molecule has 2 rings (SSSR count). The first-order valence-electron chi connectivity index (χ1n) is 5.60. The lowest BCUT2D eigenvalue weighted by atomic mass is 10.1. The van der Waals surface area contributed by atoms with Crippen molar-refractivity contribution in [3.05, 3.63) is 57.0 Å². The highest BCUT2D eigenvalue weighted by molar-refractivity contribution is 9.10. The zero-order chi connectivity index (χ0) is 14.0. The van der Waals surface area contributed by atoms with E-state index in [1.807, 2.05) is 19.1 Å². The Morgan fingerprint density at radius 1 is 1.26 bits per heavy atom. The number of anilines is 2. The average Bonchev–Trinajstić information content (AvgIpc) is 2.37. The Labute approximate surface area is 124 Å². The molecule has 0 aliphatic heterocycles. The molecule has 98 valence electrons. The number of amides is 1. The minimum absolute atomic E-state index is 0.224. The van der Waals surface area contributed by atoms with E-state index in [4.69, 9.17) is 17.3 Å². The molecule has 0 aliphatic carbocycles. The monoisotopic (exact) mass is 338 g/mol. The molecule has 0 atom stereocenters. The van der Waals surface area contributed by atoms with Gasteiger partial charge in [-0.1, -0.05) is 17.7 Å². The highest BCUT2D eigenvalue weighted by Crippen LogP contribution is 2.24. The molecule has 0 bridgehead atoms. The second-order valence-electron chi connectivity index (χ2n) is 4.15. The fraction of sp³-hybridized carbons (Fsp3) is 0.0714. The fourth-order valence-electron chi connectivity index (χ4n) is 1.56. The maximum absolute atomic E-state index is 12.0. The van der Waals surface area contributed by atoms with Crippen LogP contribution in [-0.4, -0.2) is 5.91 Å². The number of nitrogen functional groups attached to an aromatic ring is 1. The largest absolute Gasteiger partial charge is 0.398 e. The number of benzene rings is 2. The predicted octanol–water partition coefficient (Wildman–Crippen LogP) is 4.25. The summed E-state index contributed by atoms with van der Waals surface area (Å²) in [6.07, 6.45) is 0. The van der Waals surface area contributed by atoms with E-state index in [1.165, 1.54) is 0 Å². The van der Waals surface area contributed by atoms with Gasteiger partial charge in [-0.05, 0) is 58.7 Å². The third-order valence-electron chi connectivity index (χ3n) is 2.72. The van der Waals surface area contributed by atoms with Gasteiger partial charge in [-0.25, -0.2) is 0 Å². The summed E-state index contributed by atoms with van der Waals surface area (Å²) >= 11 is 9.24. The number of nitrogens with one attached hydrogen (secondary N) is 1. The van der Waals surface area contributed by atoms with Gasteiger partial charge in [-0.15, -0.1) is 0 Å². The predicted molar refractivity (Wildman–Crippen MR) is 82.7 cm³/mol. The molecular weight excluding hydrogens is 328 g/mol. The third kappa shape index (κ3) is 3.28. The van der Waals surface area contributed by atoms with Crippen LogP contribution in [0.4, 0.5) is 11.4 Å². The molecule has 0 heterocycles. The Morgan fingerprint density at radius 2 is 2.00 bits per heavy atom. The van der Waals surface area contributed by atoms with E-state index in [2.05, 4.69) is 21.2 Å². The van der Waals surface area contributed by atoms with Crippen molar-refractivity contribution in [2.45, 2.75) is 6.92 Å². The molecule has 0 aromatic heterocycles. The number of nitrogens with two attached hydrogens (primary N) is 1. The molecule has 3 N–H and O–H groups in total. The van der Waals surface area contributed by atoms with Crippen molar-refractivity contribution in [3.63, 3.8) is 0 Å². The van der Waals surface area contributed by atoms with Crippen LogP contribution in [0, 0.1) is 6.92 Å². The van der Waals surface area contributed by atoms with Crippen LogP contribution in [-0.2, 0) is 0 Å². The summed E-state index contributed by atoms with van der Waals surface area (Å²) in [6.45, 7) is 1.91. The lowest BCUT2D eigenvalue weighted by Gasteiger charge is -2.08. The number of rotatable bonds is 2. The van der Waals surface area contributed by atoms with E-state index < -0.39 is 0 Å². The summed E-state index contributed by atoms with van der Waals surface area (Å²) in [6, 6.07) is 10.4. The van der Waals surface area contributed by atoms with Gasteiger partial charge in [0.15, 0.2) is 0 Å². The Bertz CT molecular complexity index is 643. The van der Waals surface area contributed by atoms with E-state index >= 15 is 0 Å². The van der Waals surface area contributed by atoms with Gasteiger partial charge in [0.25, 0.3) is 5.91 Å². The second-order valence-corrected chi connectivity index (χ2v) is 5.42. The summed E-state index contributed by atoms with van der Waals surface area (Å²) in [5.41, 5.74) is 8.57. The van der Waals surface area contributed by atoms with Crippen molar-refractivity contribution in [3.8, 4) is 0 Å². The van der Waals surface area contributed by atoms with Crippen LogP contribution in [0.2, 0.25) is 5.02 Å². The van der Waals surface area contributed by atoms with Gasteiger partial charge in [0.2, 0.25) is 0 Å². The van der Waals surface area contributed by atoms with Crippen molar-refractivity contribution in [1.82, 2.24) is 0 Å². The molecule has 0 saturated heterocycles. The number of carbonyl (C=O) groups excluding carboxylic acids is 1. The van der Waals surface area contributed by atoms with Crippen molar-refractivity contribution >= 4 is 44.8 Å². The summed E-state index contributed by atoms with van der Waals surface area (Å²) in [4.78, 5) is 12.0. The summed E-state index contributed by atoms with van der Waals surface area (Å²) in [5, 5.41) is 3.28. The summed E-state index contributed by atoms with van der Waals surface area (Å²) < 4.78 is 0.755. The van der Waals surface area contributed by atoms with Crippen LogP contribution in [0.15, 0.2) is 40.9 Å². The van der Waals surface area contributed by atoms with E-state index in [9.17, 15) is 4.79 Å². The smallest absolute Gasteiger partial charge is 0.255 e. The number of carbonyl (C=O) groups is 1. The first kappa shape index (κ1) is 13.9. The topological polar surface area (TPSA) is 55.1 Å². The second kappa shape index (κ2) is 5.63. The minimum Gasteiger partial charge on any atom is -0.398 e. The lowest BCUT2D eigenvalue weighted by Crippen LogP contribution is -2.12. The molecule has 0 fully saturated rings. The summed E-state index contributed by atoms with van der Waals surface area (Å²) in [5.74, 6) is -0.224. The number of halogens is 2. The van der Waals surface area contributed by atoms with Crippen LogP contribution in [0.3, 0.4) is 0 Å². The first-order chi connectivity index (χ1) is 8.97. The SMILES string of the molecule is Cc1ccc(NC(=O)c2ccc(Br)c(Cl)c2)cc1N. The van der Waals surface area contributed by atoms with Crippen molar-refractivity contribution in [1.29, 1.82) is 0 Å². The minimum atomic E-state index is -0.224. The average molecular weight is 340 g/mol. The molecule has 19 heavy (non-hydrogen) atoms. The molecule has 3 nitrogen and oxygen atoms in total. The van der Waals surface area contributed by atoms with Gasteiger partial charge in [0, 0.05) is 21.4 Å². The van der Waals surface area contributed by atoms with Crippen LogP contribution >= 0.6 is 27.5 Å². The van der Waals surface area contributed by atoms with E-state index in [1.54, 1.807) is 24.3 Å². The summed E-state index contributed by atoms with van der Waals surface area (Å²) in [7, 11) is 0. The Morgan fingerprint density at radius 3 is 2.63 bits per heavy atom. The van der Waals surface area contributed by atoms with E-state index in [0.717, 1.165) is 10.0 Å². The third-order valence-corrected chi connectivity index (χ3v) is 3.95. The van der Waals surface area contributed by atoms with Crippen LogP contribution in [0.5, 0.6) is 0 Å². The first-order valence-corrected chi connectivity index (χ1v) is 6.77. The van der Waals surface area contributed by atoms with Gasteiger partial charge >= 0.3 is 0 Å².